The molecule has 0 bridgehead atoms. The van der Waals surface area contributed by atoms with Crippen LogP contribution in [0.15, 0.2) is 18.2 Å². The minimum atomic E-state index is -1.77. The van der Waals surface area contributed by atoms with Gasteiger partial charge in [0.1, 0.15) is 0 Å². The van der Waals surface area contributed by atoms with E-state index in [1.807, 2.05) is 4.90 Å². The maximum absolute atomic E-state index is 6.07. The number of hydrogen-bond donors (Lipinski definition) is 0. The fourth-order valence-electron chi connectivity index (χ4n) is 2.16. The van der Waals surface area contributed by atoms with E-state index < -0.39 is 3.79 Å². The number of halogens is 5. The Hall–Kier alpha value is -0.560. The van der Waals surface area contributed by atoms with Gasteiger partial charge in [0, 0.05) is 18.7 Å². The number of aromatic nitrogens is 3. The predicted octanol–water partition coefficient (Wildman–Crippen LogP) is 4.51. The monoisotopic (exact) mass is 426 g/mol. The second-order valence-electron chi connectivity index (χ2n) is 5.01. The van der Waals surface area contributed by atoms with Crippen LogP contribution in [0.3, 0.4) is 0 Å². The molecule has 1 aromatic heterocycles. The molecule has 0 radical (unpaired) electrons. The van der Waals surface area contributed by atoms with Crippen LogP contribution >= 0.6 is 58.0 Å². The van der Waals surface area contributed by atoms with Gasteiger partial charge in [0.25, 0.3) is 0 Å². The second-order valence-corrected chi connectivity index (χ2v) is 8.10. The first-order valence-electron chi connectivity index (χ1n) is 6.96. The summed E-state index contributed by atoms with van der Waals surface area (Å²) in [4.78, 5) is 15.0. The van der Waals surface area contributed by atoms with Crippen LogP contribution in [0.2, 0.25) is 10.0 Å². The van der Waals surface area contributed by atoms with E-state index in [-0.39, 0.29) is 5.82 Å². The number of ether oxygens (including phenoxy) is 1. The second kappa shape index (κ2) is 7.36. The van der Waals surface area contributed by atoms with E-state index in [9.17, 15) is 0 Å². The lowest BCUT2D eigenvalue weighted by Gasteiger charge is -2.27. The number of morpholine rings is 1. The Balaban J connectivity index is 2.08. The van der Waals surface area contributed by atoms with Crippen LogP contribution in [-0.2, 0) is 8.53 Å². The van der Waals surface area contributed by atoms with Crippen molar-refractivity contribution >= 4 is 64.0 Å². The van der Waals surface area contributed by atoms with Crippen molar-refractivity contribution in [2.24, 2.45) is 0 Å². The summed E-state index contributed by atoms with van der Waals surface area (Å²) in [6, 6.07) is 5.06. The molecular formula is C14H11Cl5N4O. The van der Waals surface area contributed by atoms with Gasteiger partial charge < -0.3 is 9.64 Å². The molecule has 3 rings (SSSR count). The molecular weight excluding hydrogens is 417 g/mol. The zero-order chi connectivity index (χ0) is 17.3. The molecule has 1 aromatic carbocycles. The summed E-state index contributed by atoms with van der Waals surface area (Å²) in [6.07, 6.45) is 0. The van der Waals surface area contributed by atoms with Crippen LogP contribution in [0.5, 0.6) is 0 Å². The maximum atomic E-state index is 6.07. The van der Waals surface area contributed by atoms with Crippen LogP contribution < -0.4 is 4.90 Å². The largest absolute Gasteiger partial charge is 0.378 e. The van der Waals surface area contributed by atoms with Crippen LogP contribution in [0, 0.1) is 0 Å². The maximum Gasteiger partial charge on any atom is 0.250 e. The topological polar surface area (TPSA) is 51.1 Å². The highest BCUT2D eigenvalue weighted by Crippen LogP contribution is 2.37. The zero-order valence-electron chi connectivity index (χ0n) is 12.1. The van der Waals surface area contributed by atoms with Gasteiger partial charge >= 0.3 is 0 Å². The summed E-state index contributed by atoms with van der Waals surface area (Å²) in [7, 11) is 0. The Bertz CT molecular complexity index is 746. The van der Waals surface area contributed by atoms with E-state index >= 15 is 0 Å². The quantitative estimate of drug-likeness (QED) is 0.659. The van der Waals surface area contributed by atoms with Gasteiger partial charge in [-0.1, -0.05) is 58.0 Å². The Morgan fingerprint density at radius 1 is 0.958 bits per heavy atom. The minimum Gasteiger partial charge on any atom is -0.378 e. The summed E-state index contributed by atoms with van der Waals surface area (Å²) in [5.74, 6) is 0.826. The highest BCUT2D eigenvalue weighted by atomic mass is 35.6. The molecule has 0 amide bonds. The molecule has 2 heterocycles. The van der Waals surface area contributed by atoms with Crippen LogP contribution in [0.4, 0.5) is 5.95 Å². The summed E-state index contributed by atoms with van der Waals surface area (Å²) >= 11 is 29.9. The molecule has 0 aliphatic carbocycles. The summed E-state index contributed by atoms with van der Waals surface area (Å²) in [6.45, 7) is 2.45. The lowest BCUT2D eigenvalue weighted by Crippen LogP contribution is -2.37. The Labute approximate surface area is 163 Å². The molecule has 0 N–H and O–H groups in total. The Kier molecular flexibility index (Phi) is 5.59. The number of rotatable bonds is 2. The van der Waals surface area contributed by atoms with Gasteiger partial charge in [0.2, 0.25) is 9.74 Å². The average Bonchev–Trinajstić information content (AvgIpc) is 2.57. The van der Waals surface area contributed by atoms with Gasteiger partial charge in [0.05, 0.1) is 23.3 Å². The van der Waals surface area contributed by atoms with Gasteiger partial charge in [-0.2, -0.15) is 9.97 Å². The summed E-state index contributed by atoms with van der Waals surface area (Å²) in [5, 5.41) is 0.822. The van der Waals surface area contributed by atoms with E-state index in [4.69, 9.17) is 62.7 Å². The molecule has 0 unspecified atom stereocenters. The van der Waals surface area contributed by atoms with Crippen molar-refractivity contribution < 1.29 is 4.74 Å². The van der Waals surface area contributed by atoms with Crippen molar-refractivity contribution in [1.82, 2.24) is 15.0 Å². The van der Waals surface area contributed by atoms with Gasteiger partial charge in [-0.05, 0) is 18.2 Å². The first kappa shape index (κ1) is 18.2. The third-order valence-electron chi connectivity index (χ3n) is 3.35. The fourth-order valence-corrected chi connectivity index (χ4v) is 2.71. The molecule has 0 spiro atoms. The molecule has 2 aromatic rings. The van der Waals surface area contributed by atoms with E-state index in [2.05, 4.69) is 15.0 Å². The molecule has 1 fully saturated rings. The van der Waals surface area contributed by atoms with E-state index in [0.29, 0.717) is 53.7 Å². The first-order chi connectivity index (χ1) is 11.3. The lowest BCUT2D eigenvalue weighted by atomic mass is 10.2. The normalized spacial score (nSPS) is 15.6. The van der Waals surface area contributed by atoms with Crippen molar-refractivity contribution in [3.8, 4) is 11.4 Å². The summed E-state index contributed by atoms with van der Waals surface area (Å²) in [5.41, 5.74) is 0.650. The molecule has 5 nitrogen and oxygen atoms in total. The predicted molar refractivity (Wildman–Crippen MR) is 97.6 cm³/mol. The SMILES string of the molecule is Clc1ccc(-c2nc(N3CCOCC3)nc(C(Cl)(Cl)Cl)n2)cc1Cl. The first-order valence-corrected chi connectivity index (χ1v) is 8.85. The standard InChI is InChI=1S/C14H11Cl5N4O/c15-9-2-1-8(7-10(9)16)11-20-12(14(17,18)19)22-13(21-11)23-3-5-24-6-4-23/h1-2,7H,3-6H2. The number of hydrogen-bond acceptors (Lipinski definition) is 5. The summed E-state index contributed by atoms with van der Waals surface area (Å²) < 4.78 is 3.57. The highest BCUT2D eigenvalue weighted by molar-refractivity contribution is 6.66. The van der Waals surface area contributed by atoms with Crippen LogP contribution in [0.1, 0.15) is 5.82 Å². The molecule has 24 heavy (non-hydrogen) atoms. The average molecular weight is 429 g/mol. The van der Waals surface area contributed by atoms with Gasteiger partial charge in [-0.15, -0.1) is 0 Å². The lowest BCUT2D eigenvalue weighted by molar-refractivity contribution is 0.122. The van der Waals surface area contributed by atoms with Crippen molar-refractivity contribution in [3.05, 3.63) is 34.1 Å². The number of nitrogens with zero attached hydrogens (tertiary/aromatic N) is 4. The smallest absolute Gasteiger partial charge is 0.250 e. The Morgan fingerprint density at radius 3 is 2.29 bits per heavy atom. The Morgan fingerprint density at radius 2 is 1.67 bits per heavy atom. The van der Waals surface area contributed by atoms with Crippen molar-refractivity contribution in [2.45, 2.75) is 3.79 Å². The van der Waals surface area contributed by atoms with Gasteiger partial charge in [0.15, 0.2) is 11.6 Å². The van der Waals surface area contributed by atoms with E-state index in [1.54, 1.807) is 18.2 Å². The molecule has 1 aliphatic rings. The fraction of sp³-hybridized carbons (Fsp3) is 0.357. The third-order valence-corrected chi connectivity index (χ3v) is 4.60. The molecule has 128 valence electrons. The zero-order valence-corrected chi connectivity index (χ0v) is 15.9. The molecule has 1 saturated heterocycles. The molecule has 0 saturated carbocycles. The van der Waals surface area contributed by atoms with Crippen molar-refractivity contribution in [3.63, 3.8) is 0 Å². The van der Waals surface area contributed by atoms with E-state index in [1.165, 1.54) is 0 Å². The van der Waals surface area contributed by atoms with Crippen LogP contribution in [-0.4, -0.2) is 41.3 Å². The number of anilines is 1. The van der Waals surface area contributed by atoms with Gasteiger partial charge in [-0.25, -0.2) is 4.98 Å². The third kappa shape index (κ3) is 4.15. The molecule has 10 heteroatoms. The molecule has 1 aliphatic heterocycles. The van der Waals surface area contributed by atoms with Crippen molar-refractivity contribution in [1.29, 1.82) is 0 Å². The molecule has 0 atom stereocenters. The van der Waals surface area contributed by atoms with E-state index in [0.717, 1.165) is 0 Å². The minimum absolute atomic E-state index is 0.0464. The number of benzene rings is 1. The van der Waals surface area contributed by atoms with Gasteiger partial charge in [-0.3, -0.25) is 0 Å². The highest BCUT2D eigenvalue weighted by Gasteiger charge is 2.30. The number of alkyl halides is 3. The van der Waals surface area contributed by atoms with Crippen LogP contribution in [0.25, 0.3) is 11.4 Å². The van der Waals surface area contributed by atoms with Crippen molar-refractivity contribution in [2.75, 3.05) is 31.2 Å².